The van der Waals surface area contributed by atoms with Crippen LogP contribution in [0.5, 0.6) is 0 Å². The molecule has 4 heteroatoms. The lowest BCUT2D eigenvalue weighted by Crippen LogP contribution is -1.98. The number of H-pyrrole nitrogens is 1. The van der Waals surface area contributed by atoms with Crippen molar-refractivity contribution in [2.75, 3.05) is 5.75 Å². The Kier molecular flexibility index (Phi) is 2.99. The Morgan fingerprint density at radius 2 is 2.24 bits per heavy atom. The standard InChI is InChI=1S/C13H12N2S2/c16-13-14-6-5-11(15-13)9-3-4-12-10(8-9)2-1-7-17-12/h3-6,8H,1-2,7H2,(H,14,15,16). The first kappa shape index (κ1) is 11.0. The fraction of sp³-hybridized carbons (Fsp3) is 0.231. The molecule has 17 heavy (non-hydrogen) atoms. The maximum Gasteiger partial charge on any atom is 0.197 e. The zero-order valence-corrected chi connectivity index (χ0v) is 10.9. The fourth-order valence-electron chi connectivity index (χ4n) is 2.06. The topological polar surface area (TPSA) is 28.7 Å². The van der Waals surface area contributed by atoms with Crippen molar-refractivity contribution in [3.63, 3.8) is 0 Å². The fourth-order valence-corrected chi connectivity index (χ4v) is 3.25. The third kappa shape index (κ3) is 2.28. The Morgan fingerprint density at radius 3 is 3.12 bits per heavy atom. The number of aryl methyl sites for hydroxylation is 1. The first-order valence-electron chi connectivity index (χ1n) is 5.64. The van der Waals surface area contributed by atoms with E-state index in [-0.39, 0.29) is 0 Å². The van der Waals surface area contributed by atoms with E-state index in [2.05, 4.69) is 28.2 Å². The van der Waals surface area contributed by atoms with Gasteiger partial charge in [-0.25, -0.2) is 4.98 Å². The van der Waals surface area contributed by atoms with Crippen LogP contribution in [0.15, 0.2) is 35.4 Å². The average Bonchev–Trinajstić information content (AvgIpc) is 2.38. The molecule has 0 amide bonds. The molecular formula is C13H12N2S2. The minimum atomic E-state index is 0.537. The van der Waals surface area contributed by atoms with E-state index in [1.807, 2.05) is 17.8 Å². The molecule has 3 rings (SSSR count). The minimum Gasteiger partial charge on any atom is -0.330 e. The maximum absolute atomic E-state index is 5.05. The summed E-state index contributed by atoms with van der Waals surface area (Å²) in [6.07, 6.45) is 4.21. The number of thioether (sulfide) groups is 1. The molecule has 1 aromatic carbocycles. The molecular weight excluding hydrogens is 248 g/mol. The molecule has 1 N–H and O–H groups in total. The van der Waals surface area contributed by atoms with Gasteiger partial charge in [0.1, 0.15) is 0 Å². The van der Waals surface area contributed by atoms with Gasteiger partial charge >= 0.3 is 0 Å². The Bertz CT molecular complexity index is 604. The monoisotopic (exact) mass is 260 g/mol. The molecule has 2 aromatic rings. The van der Waals surface area contributed by atoms with Crippen LogP contribution in [0.1, 0.15) is 12.0 Å². The number of nitrogens with zero attached hydrogens (tertiary/aromatic N) is 1. The number of hydrogen-bond acceptors (Lipinski definition) is 3. The predicted molar refractivity (Wildman–Crippen MR) is 73.9 cm³/mol. The zero-order valence-electron chi connectivity index (χ0n) is 9.27. The highest BCUT2D eigenvalue weighted by Crippen LogP contribution is 2.32. The molecule has 0 atom stereocenters. The first-order chi connectivity index (χ1) is 8.33. The van der Waals surface area contributed by atoms with E-state index in [1.54, 1.807) is 6.20 Å². The number of rotatable bonds is 1. The SMILES string of the molecule is S=c1nccc(-c2ccc3c(c2)CCCS3)[nH]1. The average molecular weight is 260 g/mol. The number of benzene rings is 1. The van der Waals surface area contributed by atoms with Crippen molar-refractivity contribution in [2.24, 2.45) is 0 Å². The highest BCUT2D eigenvalue weighted by atomic mass is 32.2. The second-order valence-corrected chi connectivity index (χ2v) is 5.59. The molecule has 0 aliphatic carbocycles. The van der Waals surface area contributed by atoms with Crippen molar-refractivity contribution in [1.82, 2.24) is 9.97 Å². The van der Waals surface area contributed by atoms with Crippen molar-refractivity contribution >= 4 is 24.0 Å². The van der Waals surface area contributed by atoms with Crippen LogP contribution in [0.2, 0.25) is 0 Å². The van der Waals surface area contributed by atoms with Gasteiger partial charge < -0.3 is 4.98 Å². The van der Waals surface area contributed by atoms with Gasteiger partial charge in [-0.1, -0.05) is 6.07 Å². The third-order valence-electron chi connectivity index (χ3n) is 2.89. The van der Waals surface area contributed by atoms with Crippen LogP contribution >= 0.6 is 24.0 Å². The lowest BCUT2D eigenvalue weighted by Gasteiger charge is -2.16. The predicted octanol–water partition coefficient (Wildman–Crippen LogP) is 3.84. The summed E-state index contributed by atoms with van der Waals surface area (Å²) in [6.45, 7) is 0. The molecule has 0 saturated heterocycles. The summed E-state index contributed by atoms with van der Waals surface area (Å²) in [5, 5.41) is 0. The molecule has 2 nitrogen and oxygen atoms in total. The third-order valence-corrected chi connectivity index (χ3v) is 4.30. The van der Waals surface area contributed by atoms with E-state index in [9.17, 15) is 0 Å². The van der Waals surface area contributed by atoms with Gasteiger partial charge in [-0.15, -0.1) is 11.8 Å². The van der Waals surface area contributed by atoms with Crippen LogP contribution in [0.3, 0.4) is 0 Å². The van der Waals surface area contributed by atoms with Crippen molar-refractivity contribution in [2.45, 2.75) is 17.7 Å². The normalized spacial score (nSPS) is 14.4. The van der Waals surface area contributed by atoms with Gasteiger partial charge in [-0.2, -0.15) is 0 Å². The van der Waals surface area contributed by atoms with Gasteiger partial charge in [0.25, 0.3) is 0 Å². The summed E-state index contributed by atoms with van der Waals surface area (Å²) in [4.78, 5) is 8.56. The number of aromatic nitrogens is 2. The summed E-state index contributed by atoms with van der Waals surface area (Å²) < 4.78 is 0.537. The molecule has 1 aromatic heterocycles. The minimum absolute atomic E-state index is 0.537. The van der Waals surface area contributed by atoms with Gasteiger partial charge in [-0.3, -0.25) is 0 Å². The Balaban J connectivity index is 2.07. The van der Waals surface area contributed by atoms with Crippen LogP contribution < -0.4 is 0 Å². The van der Waals surface area contributed by atoms with Gasteiger partial charge in [0, 0.05) is 16.8 Å². The van der Waals surface area contributed by atoms with E-state index in [0.717, 1.165) is 5.69 Å². The second-order valence-electron chi connectivity index (χ2n) is 4.06. The molecule has 86 valence electrons. The molecule has 0 radical (unpaired) electrons. The number of hydrogen-bond donors (Lipinski definition) is 1. The highest BCUT2D eigenvalue weighted by Gasteiger charge is 2.10. The smallest absolute Gasteiger partial charge is 0.197 e. The van der Waals surface area contributed by atoms with E-state index >= 15 is 0 Å². The summed E-state index contributed by atoms with van der Waals surface area (Å²) in [6, 6.07) is 8.60. The largest absolute Gasteiger partial charge is 0.330 e. The number of aromatic amines is 1. The summed E-state index contributed by atoms with van der Waals surface area (Å²) in [5.41, 5.74) is 3.69. The molecule has 1 aliphatic rings. The van der Waals surface area contributed by atoms with E-state index in [1.165, 1.54) is 34.6 Å². The Morgan fingerprint density at radius 1 is 1.29 bits per heavy atom. The van der Waals surface area contributed by atoms with Crippen molar-refractivity contribution < 1.29 is 0 Å². The van der Waals surface area contributed by atoms with E-state index < -0.39 is 0 Å². The Hall–Kier alpha value is -1.13. The summed E-state index contributed by atoms with van der Waals surface area (Å²) in [5.74, 6) is 1.24. The lowest BCUT2D eigenvalue weighted by atomic mass is 10.0. The van der Waals surface area contributed by atoms with Crippen LogP contribution in [0.4, 0.5) is 0 Å². The van der Waals surface area contributed by atoms with Crippen LogP contribution in [-0.2, 0) is 6.42 Å². The zero-order chi connectivity index (χ0) is 11.7. The lowest BCUT2D eigenvalue weighted by molar-refractivity contribution is 0.890. The summed E-state index contributed by atoms with van der Waals surface area (Å²) >= 11 is 7.00. The quantitative estimate of drug-likeness (QED) is 0.790. The highest BCUT2D eigenvalue weighted by molar-refractivity contribution is 7.99. The molecule has 0 bridgehead atoms. The van der Waals surface area contributed by atoms with Crippen LogP contribution in [-0.4, -0.2) is 15.7 Å². The second kappa shape index (κ2) is 4.63. The van der Waals surface area contributed by atoms with Crippen molar-refractivity contribution in [3.05, 3.63) is 40.8 Å². The van der Waals surface area contributed by atoms with Crippen molar-refractivity contribution in [1.29, 1.82) is 0 Å². The summed E-state index contributed by atoms with van der Waals surface area (Å²) in [7, 11) is 0. The van der Waals surface area contributed by atoms with E-state index in [4.69, 9.17) is 12.2 Å². The van der Waals surface area contributed by atoms with Gasteiger partial charge in [0.15, 0.2) is 4.77 Å². The molecule has 0 fully saturated rings. The van der Waals surface area contributed by atoms with Gasteiger partial charge in [0.05, 0.1) is 0 Å². The molecule has 2 heterocycles. The molecule has 0 saturated carbocycles. The first-order valence-corrected chi connectivity index (χ1v) is 7.04. The Labute approximate surface area is 109 Å². The molecule has 1 aliphatic heterocycles. The maximum atomic E-state index is 5.05. The number of nitrogens with one attached hydrogen (secondary N) is 1. The van der Waals surface area contributed by atoms with Gasteiger partial charge in [0.2, 0.25) is 0 Å². The van der Waals surface area contributed by atoms with Crippen molar-refractivity contribution in [3.8, 4) is 11.3 Å². The van der Waals surface area contributed by atoms with Gasteiger partial charge in [-0.05, 0) is 60.1 Å². The molecule has 0 unspecified atom stereocenters. The number of fused-ring (bicyclic) bond motifs is 1. The molecule has 0 spiro atoms. The van der Waals surface area contributed by atoms with Crippen LogP contribution in [0, 0.1) is 4.77 Å². The van der Waals surface area contributed by atoms with E-state index in [0.29, 0.717) is 4.77 Å². The van der Waals surface area contributed by atoms with Crippen LogP contribution in [0.25, 0.3) is 11.3 Å².